The number of nitrogens with one attached hydrogen (secondary N) is 1. The molecule has 0 aromatic carbocycles. The average molecular weight is 207 g/mol. The Hall–Kier alpha value is -0.0900. The summed E-state index contributed by atoms with van der Waals surface area (Å²) in [6.45, 7) is 4.64. The number of hydrogen-bond acceptors (Lipinski definition) is 3. The van der Waals surface area contributed by atoms with E-state index in [2.05, 4.69) is 12.2 Å². The molecule has 80 valence electrons. The fourth-order valence-electron chi connectivity index (χ4n) is 1.62. The molecule has 4 heteroatoms. The molecule has 0 spiro atoms. The second-order valence-electron chi connectivity index (χ2n) is 3.69. The Morgan fingerprint density at radius 2 is 1.92 bits per heavy atom. The van der Waals surface area contributed by atoms with Gasteiger partial charge in [0.15, 0.2) is 9.84 Å². The summed E-state index contributed by atoms with van der Waals surface area (Å²) in [5.74, 6) is 0.243. The lowest BCUT2D eigenvalue weighted by atomic mass is 10.0. The van der Waals surface area contributed by atoms with Gasteiger partial charge in [0.2, 0.25) is 0 Å². The van der Waals surface area contributed by atoms with E-state index in [1.165, 1.54) is 6.26 Å². The van der Waals surface area contributed by atoms with Crippen LogP contribution in [-0.4, -0.2) is 33.5 Å². The van der Waals surface area contributed by atoms with Crippen LogP contribution in [0, 0.1) is 5.92 Å². The largest absolute Gasteiger partial charge is 0.318 e. The second kappa shape index (κ2) is 5.60. The Morgan fingerprint density at radius 1 is 1.38 bits per heavy atom. The predicted molar refractivity (Wildman–Crippen MR) is 56.6 cm³/mol. The van der Waals surface area contributed by atoms with E-state index < -0.39 is 9.84 Å². The van der Waals surface area contributed by atoms with E-state index in [4.69, 9.17) is 0 Å². The quantitative estimate of drug-likeness (QED) is 0.708. The first-order chi connectivity index (χ1) is 5.93. The average Bonchev–Trinajstić information content (AvgIpc) is 1.98. The maximum absolute atomic E-state index is 11.4. The zero-order chi connectivity index (χ0) is 10.5. The summed E-state index contributed by atoms with van der Waals surface area (Å²) in [5, 5.41) is 2.70. The number of sulfone groups is 1. The first-order valence-corrected chi connectivity index (χ1v) is 6.72. The van der Waals surface area contributed by atoms with Gasteiger partial charge in [-0.05, 0) is 19.4 Å². The minimum absolute atomic E-state index is 0.238. The number of rotatable bonds is 6. The molecule has 0 saturated carbocycles. The molecule has 0 aliphatic carbocycles. The van der Waals surface area contributed by atoms with Crippen LogP contribution in [0.25, 0.3) is 0 Å². The highest BCUT2D eigenvalue weighted by Crippen LogP contribution is 2.16. The lowest BCUT2D eigenvalue weighted by Gasteiger charge is -2.21. The third-order valence-corrected chi connectivity index (χ3v) is 4.07. The molecule has 0 amide bonds. The Kier molecular flexibility index (Phi) is 5.56. The molecular formula is C9H21NO2S. The molecule has 0 fully saturated rings. The smallest absolute Gasteiger partial charge is 0.151 e. The summed E-state index contributed by atoms with van der Waals surface area (Å²) >= 11 is 0. The van der Waals surface area contributed by atoms with Crippen molar-refractivity contribution in [2.24, 2.45) is 5.92 Å². The van der Waals surface area contributed by atoms with E-state index in [9.17, 15) is 8.42 Å². The van der Waals surface area contributed by atoms with E-state index in [0.29, 0.717) is 6.54 Å². The van der Waals surface area contributed by atoms with Crippen molar-refractivity contribution in [2.45, 2.75) is 31.9 Å². The van der Waals surface area contributed by atoms with Gasteiger partial charge in [-0.15, -0.1) is 0 Å². The van der Waals surface area contributed by atoms with Crippen molar-refractivity contribution in [2.75, 3.05) is 19.8 Å². The molecule has 0 radical (unpaired) electrons. The van der Waals surface area contributed by atoms with Crippen LogP contribution in [0.3, 0.4) is 0 Å². The van der Waals surface area contributed by atoms with Gasteiger partial charge in [-0.1, -0.05) is 20.3 Å². The van der Waals surface area contributed by atoms with Crippen molar-refractivity contribution >= 4 is 9.84 Å². The van der Waals surface area contributed by atoms with Crippen molar-refractivity contribution in [3.8, 4) is 0 Å². The lowest BCUT2D eigenvalue weighted by molar-refractivity contribution is 0.463. The minimum atomic E-state index is -2.91. The van der Waals surface area contributed by atoms with Crippen LogP contribution in [0.1, 0.15) is 26.7 Å². The molecule has 0 aliphatic rings. The van der Waals surface area contributed by atoms with Crippen LogP contribution in [0.4, 0.5) is 0 Å². The summed E-state index contributed by atoms with van der Waals surface area (Å²) in [6, 6.07) is 0. The van der Waals surface area contributed by atoms with Crippen LogP contribution in [0.2, 0.25) is 0 Å². The number of hydrogen-bond donors (Lipinski definition) is 1. The van der Waals surface area contributed by atoms with E-state index in [1.54, 1.807) is 7.05 Å². The highest BCUT2D eigenvalue weighted by Gasteiger charge is 2.25. The van der Waals surface area contributed by atoms with E-state index in [0.717, 1.165) is 12.8 Å². The third kappa shape index (κ3) is 4.62. The Labute approximate surface area is 81.8 Å². The highest BCUT2D eigenvalue weighted by molar-refractivity contribution is 7.91. The van der Waals surface area contributed by atoms with Gasteiger partial charge in [0, 0.05) is 12.8 Å². The topological polar surface area (TPSA) is 46.2 Å². The van der Waals surface area contributed by atoms with Gasteiger partial charge in [-0.25, -0.2) is 8.42 Å². The van der Waals surface area contributed by atoms with Gasteiger partial charge in [0.1, 0.15) is 0 Å². The summed E-state index contributed by atoms with van der Waals surface area (Å²) in [4.78, 5) is 0. The van der Waals surface area contributed by atoms with Gasteiger partial charge >= 0.3 is 0 Å². The SMILES string of the molecule is CCCC(C)C(CNC)S(C)(=O)=O. The van der Waals surface area contributed by atoms with Crippen LogP contribution < -0.4 is 5.32 Å². The maximum atomic E-state index is 11.4. The van der Waals surface area contributed by atoms with Crippen LogP contribution in [0.15, 0.2) is 0 Å². The van der Waals surface area contributed by atoms with Gasteiger partial charge in [0.25, 0.3) is 0 Å². The maximum Gasteiger partial charge on any atom is 0.151 e. The molecule has 13 heavy (non-hydrogen) atoms. The normalized spacial score (nSPS) is 16.9. The Balaban J connectivity index is 4.42. The van der Waals surface area contributed by atoms with Crippen LogP contribution >= 0.6 is 0 Å². The zero-order valence-electron chi connectivity index (χ0n) is 9.00. The van der Waals surface area contributed by atoms with Gasteiger partial charge < -0.3 is 5.32 Å². The Bertz CT molecular complexity index is 224. The van der Waals surface area contributed by atoms with Crippen LogP contribution in [0.5, 0.6) is 0 Å². The van der Waals surface area contributed by atoms with Crippen molar-refractivity contribution in [1.29, 1.82) is 0 Å². The van der Waals surface area contributed by atoms with Gasteiger partial charge in [0.05, 0.1) is 5.25 Å². The summed E-state index contributed by atoms with van der Waals surface area (Å²) in [5.41, 5.74) is 0. The first kappa shape index (κ1) is 12.9. The van der Waals surface area contributed by atoms with E-state index in [1.807, 2.05) is 6.92 Å². The molecule has 0 aromatic heterocycles. The fraction of sp³-hybridized carbons (Fsp3) is 1.00. The molecule has 2 unspecified atom stereocenters. The van der Waals surface area contributed by atoms with Crippen molar-refractivity contribution in [1.82, 2.24) is 5.32 Å². The molecule has 0 heterocycles. The van der Waals surface area contributed by atoms with Crippen molar-refractivity contribution in [3.05, 3.63) is 0 Å². The van der Waals surface area contributed by atoms with Crippen molar-refractivity contribution in [3.63, 3.8) is 0 Å². The van der Waals surface area contributed by atoms with E-state index >= 15 is 0 Å². The van der Waals surface area contributed by atoms with Gasteiger partial charge in [-0.2, -0.15) is 0 Å². The predicted octanol–water partition coefficient (Wildman–Crippen LogP) is 1.06. The Morgan fingerprint density at radius 3 is 2.23 bits per heavy atom. The van der Waals surface area contributed by atoms with Crippen LogP contribution in [-0.2, 0) is 9.84 Å². The molecule has 0 aromatic rings. The van der Waals surface area contributed by atoms with Crippen molar-refractivity contribution < 1.29 is 8.42 Å². The molecule has 2 atom stereocenters. The lowest BCUT2D eigenvalue weighted by Crippen LogP contribution is -2.36. The standard InChI is InChI=1S/C9H21NO2S/c1-5-6-8(2)9(7-10-3)13(4,11)12/h8-10H,5-7H2,1-4H3. The molecule has 0 aliphatic heterocycles. The zero-order valence-corrected chi connectivity index (χ0v) is 9.82. The summed E-state index contributed by atoms with van der Waals surface area (Å²) in [7, 11) is -1.12. The molecule has 0 saturated heterocycles. The first-order valence-electron chi connectivity index (χ1n) is 4.77. The molecule has 0 rings (SSSR count). The molecule has 1 N–H and O–H groups in total. The van der Waals surface area contributed by atoms with Gasteiger partial charge in [-0.3, -0.25) is 0 Å². The fourth-order valence-corrected chi connectivity index (χ4v) is 3.07. The molecule has 0 bridgehead atoms. The van der Waals surface area contributed by atoms with E-state index in [-0.39, 0.29) is 11.2 Å². The monoisotopic (exact) mass is 207 g/mol. The minimum Gasteiger partial charge on any atom is -0.318 e. The summed E-state index contributed by atoms with van der Waals surface area (Å²) < 4.78 is 22.8. The second-order valence-corrected chi connectivity index (χ2v) is 5.96. The highest BCUT2D eigenvalue weighted by atomic mass is 32.2. The summed E-state index contributed by atoms with van der Waals surface area (Å²) in [6.07, 6.45) is 3.33. The molecule has 3 nitrogen and oxygen atoms in total. The third-order valence-electron chi connectivity index (χ3n) is 2.33. The molecular weight excluding hydrogens is 186 g/mol.